The van der Waals surface area contributed by atoms with Crippen LogP contribution in [0.2, 0.25) is 0 Å². The first kappa shape index (κ1) is 16.6. The summed E-state index contributed by atoms with van der Waals surface area (Å²) in [5, 5.41) is 8.44. The second kappa shape index (κ2) is 6.87. The van der Waals surface area contributed by atoms with Gasteiger partial charge < -0.3 is 15.1 Å². The van der Waals surface area contributed by atoms with E-state index in [4.69, 9.17) is 4.84 Å². The van der Waals surface area contributed by atoms with Crippen molar-refractivity contribution in [3.8, 4) is 5.75 Å². The van der Waals surface area contributed by atoms with Gasteiger partial charge in [-0.1, -0.05) is 12.1 Å². The fourth-order valence-corrected chi connectivity index (χ4v) is 4.64. The number of piperazine rings is 1. The van der Waals surface area contributed by atoms with Crippen molar-refractivity contribution < 1.29 is 9.63 Å². The first-order chi connectivity index (χ1) is 13.3. The van der Waals surface area contributed by atoms with Gasteiger partial charge in [0.1, 0.15) is 5.75 Å². The number of hydrogen-bond donors (Lipinski definition) is 1. The van der Waals surface area contributed by atoms with Crippen molar-refractivity contribution in [2.24, 2.45) is 0 Å². The summed E-state index contributed by atoms with van der Waals surface area (Å²) in [4.78, 5) is 20.1. The van der Waals surface area contributed by atoms with Gasteiger partial charge in [0.2, 0.25) is 5.91 Å². The maximum absolute atomic E-state index is 11.6. The first-order valence-electron chi connectivity index (χ1n) is 9.33. The van der Waals surface area contributed by atoms with Crippen molar-refractivity contribution in [1.82, 2.24) is 5.06 Å². The average molecular weight is 379 g/mol. The van der Waals surface area contributed by atoms with E-state index < -0.39 is 0 Å². The van der Waals surface area contributed by atoms with E-state index in [-0.39, 0.29) is 5.91 Å². The monoisotopic (exact) mass is 379 g/mol. The normalized spacial score (nSPS) is 17.6. The summed E-state index contributed by atoms with van der Waals surface area (Å²) in [6, 6.07) is 14.7. The molecular weight excluding hydrogens is 358 g/mol. The summed E-state index contributed by atoms with van der Waals surface area (Å²) in [6.07, 6.45) is 1.36. The molecule has 0 radical (unpaired) electrons. The van der Waals surface area contributed by atoms with Gasteiger partial charge in [-0.15, -0.1) is 16.4 Å². The predicted octanol–water partition coefficient (Wildman–Crippen LogP) is 3.90. The molecule has 138 valence electrons. The molecule has 27 heavy (non-hydrogen) atoms. The van der Waals surface area contributed by atoms with Gasteiger partial charge in [-0.3, -0.25) is 4.79 Å². The Kier molecular flexibility index (Phi) is 4.22. The Labute approximate surface area is 162 Å². The van der Waals surface area contributed by atoms with Crippen LogP contribution in [0.25, 0.3) is 10.1 Å². The molecule has 5 nitrogen and oxygen atoms in total. The summed E-state index contributed by atoms with van der Waals surface area (Å²) >= 11 is 1.79. The van der Waals surface area contributed by atoms with E-state index in [1.165, 1.54) is 21.3 Å². The second-order valence-corrected chi connectivity index (χ2v) is 7.93. The van der Waals surface area contributed by atoms with E-state index >= 15 is 0 Å². The van der Waals surface area contributed by atoms with Gasteiger partial charge >= 0.3 is 0 Å². The quantitative estimate of drug-likeness (QED) is 0.750. The highest BCUT2D eigenvalue weighted by atomic mass is 32.1. The molecule has 5 rings (SSSR count). The molecule has 2 aromatic carbocycles. The number of nitrogens with one attached hydrogen (secondary N) is 1. The Balaban J connectivity index is 1.25. The molecular formula is C21H21N3O2S. The fraction of sp³-hybridized carbons (Fsp3) is 0.286. The number of aryl methyl sites for hydroxylation is 1. The summed E-state index contributed by atoms with van der Waals surface area (Å²) < 4.78 is 1.34. The van der Waals surface area contributed by atoms with Gasteiger partial charge in [0.15, 0.2) is 0 Å². The Bertz CT molecular complexity index is 992. The molecule has 1 amide bonds. The van der Waals surface area contributed by atoms with Crippen molar-refractivity contribution in [2.45, 2.75) is 12.8 Å². The molecule has 0 spiro atoms. The van der Waals surface area contributed by atoms with Gasteiger partial charge in [0, 0.05) is 47.0 Å². The van der Waals surface area contributed by atoms with Gasteiger partial charge in [0.25, 0.3) is 0 Å². The Morgan fingerprint density at radius 1 is 1.00 bits per heavy atom. The lowest BCUT2D eigenvalue weighted by atomic mass is 10.0. The molecule has 1 aromatic heterocycles. The van der Waals surface area contributed by atoms with Crippen LogP contribution in [0.3, 0.4) is 0 Å². The number of anilines is 2. The van der Waals surface area contributed by atoms with E-state index in [0.717, 1.165) is 44.0 Å². The maximum atomic E-state index is 11.6. The van der Waals surface area contributed by atoms with Crippen LogP contribution in [0, 0.1) is 0 Å². The molecule has 0 unspecified atom stereocenters. The maximum Gasteiger partial charge on any atom is 0.224 e. The molecule has 2 aliphatic heterocycles. The number of nitrogens with zero attached hydrogens (tertiary/aromatic N) is 2. The average Bonchev–Trinajstić information content (AvgIpc) is 3.17. The molecule has 3 aromatic rings. The van der Waals surface area contributed by atoms with Crippen LogP contribution >= 0.6 is 11.3 Å². The van der Waals surface area contributed by atoms with Crippen molar-refractivity contribution in [3.05, 3.63) is 53.4 Å². The number of thiophene rings is 1. The largest absolute Gasteiger partial charge is 0.406 e. The lowest BCUT2D eigenvalue weighted by Crippen LogP contribution is -2.47. The number of benzene rings is 2. The molecule has 2 aliphatic rings. The van der Waals surface area contributed by atoms with Crippen LogP contribution in [0.15, 0.2) is 47.8 Å². The fourth-order valence-electron chi connectivity index (χ4n) is 3.83. The third-order valence-corrected chi connectivity index (χ3v) is 6.15. The number of carbonyl (C=O) groups is 1. The molecule has 0 aliphatic carbocycles. The zero-order chi connectivity index (χ0) is 18.2. The zero-order valence-electron chi connectivity index (χ0n) is 15.0. The topological polar surface area (TPSA) is 44.8 Å². The number of fused-ring (bicyclic) bond motifs is 2. The minimum Gasteiger partial charge on any atom is -0.406 e. The lowest BCUT2D eigenvalue weighted by molar-refractivity contribution is -0.116. The molecule has 0 bridgehead atoms. The van der Waals surface area contributed by atoms with Crippen LogP contribution in [0.5, 0.6) is 5.75 Å². The van der Waals surface area contributed by atoms with E-state index in [0.29, 0.717) is 6.42 Å². The minimum atomic E-state index is 0.0795. The second-order valence-electron chi connectivity index (χ2n) is 6.98. The Morgan fingerprint density at radius 2 is 1.89 bits per heavy atom. The van der Waals surface area contributed by atoms with Crippen molar-refractivity contribution in [2.75, 3.05) is 36.4 Å². The highest BCUT2D eigenvalue weighted by Gasteiger charge is 2.21. The highest BCUT2D eigenvalue weighted by molar-refractivity contribution is 7.17. The molecule has 0 atom stereocenters. The SMILES string of the molecule is O=C1CCc2ccc(ON3CCN(c4cccc5sccc45)CC3)cc2N1. The molecule has 1 saturated heterocycles. The van der Waals surface area contributed by atoms with E-state index in [9.17, 15) is 4.79 Å². The van der Waals surface area contributed by atoms with Gasteiger partial charge in [-0.25, -0.2) is 0 Å². The van der Waals surface area contributed by atoms with Gasteiger partial charge in [-0.2, -0.15) is 0 Å². The van der Waals surface area contributed by atoms with E-state index in [1.54, 1.807) is 11.3 Å². The third kappa shape index (κ3) is 3.26. The molecule has 0 saturated carbocycles. The van der Waals surface area contributed by atoms with Crippen molar-refractivity contribution >= 4 is 38.7 Å². The Morgan fingerprint density at radius 3 is 2.78 bits per heavy atom. The minimum absolute atomic E-state index is 0.0795. The smallest absolute Gasteiger partial charge is 0.224 e. The number of hydroxylamine groups is 2. The standard InChI is InChI=1S/C21H21N3O2S/c25-21-7-5-15-4-6-16(14-18(15)22-21)26-24-11-9-23(10-12-24)19-2-1-3-20-17(19)8-13-27-20/h1-4,6,8,13-14H,5,7,9-12H2,(H,22,25). The van der Waals surface area contributed by atoms with E-state index in [2.05, 4.69) is 45.9 Å². The molecule has 1 fully saturated rings. The first-order valence-corrected chi connectivity index (χ1v) is 10.2. The Hall–Kier alpha value is -2.57. The number of hydrogen-bond acceptors (Lipinski definition) is 5. The molecule has 3 heterocycles. The van der Waals surface area contributed by atoms with Crippen LogP contribution < -0.4 is 15.1 Å². The summed E-state index contributed by atoms with van der Waals surface area (Å²) in [7, 11) is 0. The zero-order valence-corrected chi connectivity index (χ0v) is 15.8. The third-order valence-electron chi connectivity index (χ3n) is 5.26. The van der Waals surface area contributed by atoms with Crippen molar-refractivity contribution in [3.63, 3.8) is 0 Å². The van der Waals surface area contributed by atoms with Gasteiger partial charge in [-0.05, 0) is 41.6 Å². The lowest BCUT2D eigenvalue weighted by Gasteiger charge is -2.35. The van der Waals surface area contributed by atoms with Crippen LogP contribution in [-0.2, 0) is 11.2 Å². The van der Waals surface area contributed by atoms with Crippen LogP contribution in [-0.4, -0.2) is 37.1 Å². The molecule has 1 N–H and O–H groups in total. The van der Waals surface area contributed by atoms with Crippen LogP contribution in [0.1, 0.15) is 12.0 Å². The van der Waals surface area contributed by atoms with Crippen molar-refractivity contribution in [1.29, 1.82) is 0 Å². The number of rotatable bonds is 3. The summed E-state index contributed by atoms with van der Waals surface area (Å²) in [5.74, 6) is 0.861. The number of carbonyl (C=O) groups excluding carboxylic acids is 1. The molecule has 6 heteroatoms. The van der Waals surface area contributed by atoms with E-state index in [1.807, 2.05) is 17.2 Å². The van der Waals surface area contributed by atoms with Crippen LogP contribution in [0.4, 0.5) is 11.4 Å². The predicted molar refractivity (Wildman–Crippen MR) is 110 cm³/mol. The van der Waals surface area contributed by atoms with Gasteiger partial charge in [0.05, 0.1) is 13.1 Å². The summed E-state index contributed by atoms with van der Waals surface area (Å²) in [6.45, 7) is 3.53. The highest BCUT2D eigenvalue weighted by Crippen LogP contribution is 2.31. The number of amides is 1. The summed E-state index contributed by atoms with van der Waals surface area (Å²) in [5.41, 5.74) is 3.37.